The van der Waals surface area contributed by atoms with E-state index >= 15 is 0 Å². The lowest BCUT2D eigenvalue weighted by Crippen LogP contribution is -2.15. The zero-order valence-corrected chi connectivity index (χ0v) is 26.4. The maximum Gasteiger partial charge on any atom is 0.135 e. The fourth-order valence-corrected chi connectivity index (χ4v) is 3.42. The zero-order chi connectivity index (χ0) is 29.1. The summed E-state index contributed by atoms with van der Waals surface area (Å²) in [5.74, 6) is 1.23. The van der Waals surface area contributed by atoms with Crippen molar-refractivity contribution in [3.05, 3.63) is 77.4 Å². The first kappa shape index (κ1) is 33.4. The van der Waals surface area contributed by atoms with Gasteiger partial charge in [0.25, 0.3) is 0 Å². The van der Waals surface area contributed by atoms with Crippen molar-refractivity contribution in [3.8, 4) is 5.75 Å². The summed E-state index contributed by atoms with van der Waals surface area (Å²) >= 11 is 0. The molecule has 0 saturated carbocycles. The summed E-state index contributed by atoms with van der Waals surface area (Å²) in [5.41, 5.74) is 4.40. The van der Waals surface area contributed by atoms with E-state index in [1.165, 1.54) is 40.3 Å². The largest absolute Gasteiger partial charge is 0.494 e. The van der Waals surface area contributed by atoms with Crippen molar-refractivity contribution in [2.75, 3.05) is 6.61 Å². The number of rotatable bonds is 5. The second kappa shape index (κ2) is 14.5. The number of Topliss-reactive ketones (excluding diaryl/α,β-unsaturated/α-hetero) is 1. The van der Waals surface area contributed by atoms with Crippen LogP contribution in [0.3, 0.4) is 0 Å². The molecule has 0 aliphatic rings. The Morgan fingerprint density at radius 2 is 1.16 bits per heavy atom. The Morgan fingerprint density at radius 3 is 1.63 bits per heavy atom. The summed E-state index contributed by atoms with van der Waals surface area (Å²) in [6.45, 7) is 26.0. The van der Waals surface area contributed by atoms with E-state index in [2.05, 4.69) is 116 Å². The van der Waals surface area contributed by atoms with Crippen molar-refractivity contribution >= 4 is 16.6 Å². The predicted molar refractivity (Wildman–Crippen MR) is 168 cm³/mol. The van der Waals surface area contributed by atoms with Crippen LogP contribution < -0.4 is 4.74 Å². The second-order valence-corrected chi connectivity index (χ2v) is 13.5. The van der Waals surface area contributed by atoms with Gasteiger partial charge in [-0.05, 0) is 65.1 Å². The molecule has 0 heterocycles. The summed E-state index contributed by atoms with van der Waals surface area (Å²) < 4.78 is 5.68. The Labute approximate surface area is 234 Å². The molecule has 0 unspecified atom stereocenters. The first-order valence-electron chi connectivity index (χ1n) is 14.2. The lowest BCUT2D eigenvalue weighted by molar-refractivity contribution is -0.124. The van der Waals surface area contributed by atoms with Crippen molar-refractivity contribution < 1.29 is 9.53 Å². The molecular formula is C36H54O2. The van der Waals surface area contributed by atoms with Crippen molar-refractivity contribution in [2.24, 2.45) is 5.41 Å². The molecule has 0 atom stereocenters. The van der Waals surface area contributed by atoms with Gasteiger partial charge >= 0.3 is 0 Å². The molecular weight excluding hydrogens is 464 g/mol. The quantitative estimate of drug-likeness (QED) is 0.314. The summed E-state index contributed by atoms with van der Waals surface area (Å²) in [6.07, 6.45) is 3.64. The van der Waals surface area contributed by atoms with E-state index in [1.54, 1.807) is 6.92 Å². The van der Waals surface area contributed by atoms with Crippen LogP contribution in [0.1, 0.15) is 112 Å². The standard InChI is InChI=1S/C15H24O.C15H18.C6H12O/c1-5-6-7-12-16-14-10-8-13(9-11-14)15(2,3)4;1-11-5-6-13-10-14(15(2,3)4)8-7-12(13)9-11;1-5(7)6(2,3)4/h8-11H,5-7,12H2,1-4H3;5-10H,1-4H3;1-4H3. The average Bonchev–Trinajstić information content (AvgIpc) is 2.81. The Balaban J connectivity index is 0.000000307. The first-order chi connectivity index (χ1) is 17.4. The minimum atomic E-state index is -0.139. The number of aryl methyl sites for hydroxylation is 1. The number of hydrogen-bond acceptors (Lipinski definition) is 2. The highest BCUT2D eigenvalue weighted by molar-refractivity contribution is 5.84. The van der Waals surface area contributed by atoms with Crippen LogP contribution in [-0.4, -0.2) is 12.4 Å². The van der Waals surface area contributed by atoms with Gasteiger partial charge in [-0.3, -0.25) is 4.79 Å². The highest BCUT2D eigenvalue weighted by atomic mass is 16.5. The highest BCUT2D eigenvalue weighted by Crippen LogP contribution is 2.27. The van der Waals surface area contributed by atoms with Gasteiger partial charge in [-0.15, -0.1) is 0 Å². The van der Waals surface area contributed by atoms with Gasteiger partial charge in [0.1, 0.15) is 11.5 Å². The lowest BCUT2D eigenvalue weighted by Gasteiger charge is -2.19. The monoisotopic (exact) mass is 518 g/mol. The van der Waals surface area contributed by atoms with Crippen LogP contribution in [-0.2, 0) is 15.6 Å². The molecule has 3 rings (SSSR count). The zero-order valence-electron chi connectivity index (χ0n) is 26.4. The molecule has 0 bridgehead atoms. The van der Waals surface area contributed by atoms with E-state index < -0.39 is 0 Å². The maximum atomic E-state index is 10.5. The predicted octanol–water partition coefficient (Wildman–Crippen LogP) is 10.6. The third-order valence-corrected chi connectivity index (χ3v) is 6.65. The molecule has 0 spiro atoms. The van der Waals surface area contributed by atoms with Crippen LogP contribution in [0.5, 0.6) is 5.75 Å². The van der Waals surface area contributed by atoms with Gasteiger partial charge in [0.15, 0.2) is 0 Å². The third kappa shape index (κ3) is 12.3. The van der Waals surface area contributed by atoms with Crippen LogP contribution in [0.2, 0.25) is 0 Å². The Kier molecular flexibility index (Phi) is 12.8. The fourth-order valence-electron chi connectivity index (χ4n) is 3.42. The highest BCUT2D eigenvalue weighted by Gasteiger charge is 2.15. The molecule has 0 aliphatic carbocycles. The average molecular weight is 519 g/mol. The summed E-state index contributed by atoms with van der Waals surface area (Å²) in [6, 6.07) is 21.9. The molecule has 2 heteroatoms. The molecule has 2 nitrogen and oxygen atoms in total. The molecule has 0 aromatic heterocycles. The summed E-state index contributed by atoms with van der Waals surface area (Å²) in [7, 11) is 0. The van der Waals surface area contributed by atoms with Crippen LogP contribution in [0.4, 0.5) is 0 Å². The van der Waals surface area contributed by atoms with Crippen LogP contribution >= 0.6 is 0 Å². The van der Waals surface area contributed by atoms with Gasteiger partial charge < -0.3 is 4.74 Å². The molecule has 0 saturated heterocycles. The topological polar surface area (TPSA) is 26.3 Å². The SMILES string of the molecule is CC(=O)C(C)(C)C.CCCCCOc1ccc(C(C)(C)C)cc1.Cc1ccc2cc(C(C)(C)C)ccc2c1. The Hall–Kier alpha value is -2.61. The van der Waals surface area contributed by atoms with Crippen molar-refractivity contribution in [1.82, 2.24) is 0 Å². The second-order valence-electron chi connectivity index (χ2n) is 13.5. The van der Waals surface area contributed by atoms with Gasteiger partial charge in [0, 0.05) is 5.41 Å². The van der Waals surface area contributed by atoms with Crippen LogP contribution in [0, 0.1) is 12.3 Å². The van der Waals surface area contributed by atoms with Crippen LogP contribution in [0.25, 0.3) is 10.8 Å². The maximum absolute atomic E-state index is 10.5. The van der Waals surface area contributed by atoms with Gasteiger partial charge in [0.2, 0.25) is 0 Å². The molecule has 0 N–H and O–H groups in total. The smallest absolute Gasteiger partial charge is 0.135 e. The number of carbonyl (C=O) groups excluding carboxylic acids is 1. The van der Waals surface area contributed by atoms with E-state index in [0.717, 1.165) is 18.8 Å². The lowest BCUT2D eigenvalue weighted by atomic mass is 9.86. The Bertz CT molecular complexity index is 1120. The molecule has 3 aromatic rings. The molecule has 0 radical (unpaired) electrons. The molecule has 0 fully saturated rings. The van der Waals surface area contributed by atoms with E-state index in [1.807, 2.05) is 20.8 Å². The normalized spacial score (nSPS) is 11.7. The van der Waals surface area contributed by atoms with Gasteiger partial charge in [-0.25, -0.2) is 0 Å². The van der Waals surface area contributed by atoms with Gasteiger partial charge in [-0.2, -0.15) is 0 Å². The number of hydrogen-bond donors (Lipinski definition) is 0. The Morgan fingerprint density at radius 1 is 0.684 bits per heavy atom. The van der Waals surface area contributed by atoms with Gasteiger partial charge in [-0.1, -0.05) is 136 Å². The number of ketones is 1. The van der Waals surface area contributed by atoms with Crippen molar-refractivity contribution in [2.45, 2.75) is 113 Å². The number of benzene rings is 3. The molecule has 38 heavy (non-hydrogen) atoms. The van der Waals surface area contributed by atoms with E-state index in [0.29, 0.717) is 0 Å². The molecule has 3 aromatic carbocycles. The van der Waals surface area contributed by atoms with Crippen molar-refractivity contribution in [3.63, 3.8) is 0 Å². The number of carbonyl (C=O) groups is 1. The first-order valence-corrected chi connectivity index (χ1v) is 14.2. The minimum Gasteiger partial charge on any atom is -0.494 e. The molecule has 210 valence electrons. The fraction of sp³-hybridized carbons (Fsp3) is 0.528. The summed E-state index contributed by atoms with van der Waals surface area (Å²) in [5, 5.41) is 2.68. The third-order valence-electron chi connectivity index (χ3n) is 6.65. The van der Waals surface area contributed by atoms with Crippen LogP contribution in [0.15, 0.2) is 60.7 Å². The van der Waals surface area contributed by atoms with Gasteiger partial charge in [0.05, 0.1) is 6.61 Å². The van der Waals surface area contributed by atoms with E-state index in [4.69, 9.17) is 4.74 Å². The van der Waals surface area contributed by atoms with E-state index in [9.17, 15) is 4.79 Å². The van der Waals surface area contributed by atoms with Crippen molar-refractivity contribution in [1.29, 1.82) is 0 Å². The number of unbranched alkanes of at least 4 members (excludes halogenated alkanes) is 2. The number of ether oxygens (including phenoxy) is 1. The van der Waals surface area contributed by atoms with E-state index in [-0.39, 0.29) is 22.0 Å². The summed E-state index contributed by atoms with van der Waals surface area (Å²) in [4.78, 5) is 10.5. The molecule has 0 aliphatic heterocycles. The minimum absolute atomic E-state index is 0.139. The number of fused-ring (bicyclic) bond motifs is 1. The molecule has 0 amide bonds.